The van der Waals surface area contributed by atoms with Gasteiger partial charge < -0.3 is 15.4 Å². The molecule has 3 rings (SSSR count). The second-order valence-corrected chi connectivity index (χ2v) is 7.78. The van der Waals surface area contributed by atoms with Crippen LogP contribution in [0.3, 0.4) is 0 Å². The number of aliphatic imine (C=N–C) groups is 1. The van der Waals surface area contributed by atoms with Crippen molar-refractivity contribution in [2.75, 3.05) is 46.4 Å². The molecule has 2 aromatic rings. The third kappa shape index (κ3) is 6.06. The zero-order valence-corrected chi connectivity index (χ0v) is 17.1. The number of ether oxygens (including phenoxy) is 1. The maximum absolute atomic E-state index is 5.52. The van der Waals surface area contributed by atoms with E-state index in [1.54, 1.807) is 0 Å². The monoisotopic (exact) mass is 386 g/mol. The first-order valence-electron chi connectivity index (χ1n) is 9.61. The summed E-state index contributed by atoms with van der Waals surface area (Å²) in [5.74, 6) is 0.859. The van der Waals surface area contributed by atoms with Gasteiger partial charge in [0.05, 0.1) is 19.3 Å². The smallest absolute Gasteiger partial charge is 0.191 e. The van der Waals surface area contributed by atoms with Crippen molar-refractivity contribution in [3.8, 4) is 0 Å². The number of rotatable bonds is 7. The number of benzene rings is 1. The first-order valence-corrected chi connectivity index (χ1v) is 10.5. The van der Waals surface area contributed by atoms with Crippen LogP contribution in [-0.4, -0.2) is 57.3 Å². The second-order valence-electron chi connectivity index (χ2n) is 6.80. The van der Waals surface area contributed by atoms with E-state index in [0.717, 1.165) is 51.8 Å². The van der Waals surface area contributed by atoms with Gasteiger partial charge in [-0.2, -0.15) is 0 Å². The van der Waals surface area contributed by atoms with Crippen LogP contribution in [0.2, 0.25) is 0 Å². The zero-order valence-electron chi connectivity index (χ0n) is 16.3. The lowest BCUT2D eigenvalue weighted by Gasteiger charge is -2.34. The van der Waals surface area contributed by atoms with Crippen molar-refractivity contribution in [2.24, 2.45) is 4.99 Å². The molecule has 1 atom stereocenters. The van der Waals surface area contributed by atoms with Crippen molar-refractivity contribution in [3.05, 3.63) is 57.8 Å². The van der Waals surface area contributed by atoms with Gasteiger partial charge in [0.25, 0.3) is 0 Å². The Hall–Kier alpha value is -1.89. The van der Waals surface area contributed by atoms with Crippen LogP contribution < -0.4 is 10.6 Å². The second kappa shape index (κ2) is 10.4. The Balaban J connectivity index is 1.51. The molecular formula is C21H30N4OS. The average Bonchev–Trinajstić information content (AvgIpc) is 3.22. The van der Waals surface area contributed by atoms with E-state index < -0.39 is 0 Å². The summed E-state index contributed by atoms with van der Waals surface area (Å²) in [7, 11) is 1.83. The van der Waals surface area contributed by atoms with Gasteiger partial charge >= 0.3 is 0 Å². The molecule has 5 nitrogen and oxygen atoms in total. The van der Waals surface area contributed by atoms with E-state index in [9.17, 15) is 0 Å². The predicted octanol–water partition coefficient (Wildman–Crippen LogP) is 2.84. The van der Waals surface area contributed by atoms with E-state index in [2.05, 4.69) is 69.2 Å². The Morgan fingerprint density at radius 2 is 2.07 bits per heavy atom. The summed E-state index contributed by atoms with van der Waals surface area (Å²) in [6.45, 7) is 7.41. The molecule has 6 heteroatoms. The Kier molecular flexibility index (Phi) is 7.68. The van der Waals surface area contributed by atoms with Gasteiger partial charge in [0, 0.05) is 38.1 Å². The van der Waals surface area contributed by atoms with E-state index >= 15 is 0 Å². The summed E-state index contributed by atoms with van der Waals surface area (Å²) in [6, 6.07) is 13.4. The minimum atomic E-state index is 0.351. The number of aryl methyl sites for hydroxylation is 1. The molecule has 1 aliphatic heterocycles. The van der Waals surface area contributed by atoms with Crippen molar-refractivity contribution >= 4 is 17.3 Å². The molecule has 2 heterocycles. The summed E-state index contributed by atoms with van der Waals surface area (Å²) in [5.41, 5.74) is 2.65. The number of hydrogen-bond acceptors (Lipinski definition) is 4. The van der Waals surface area contributed by atoms with Gasteiger partial charge in [-0.3, -0.25) is 9.89 Å². The number of nitrogens with zero attached hydrogens (tertiary/aromatic N) is 2. The molecule has 1 aromatic heterocycles. The van der Waals surface area contributed by atoms with E-state index in [1.807, 2.05) is 18.4 Å². The molecule has 1 aromatic carbocycles. The molecule has 1 saturated heterocycles. The molecule has 1 unspecified atom stereocenters. The first-order chi connectivity index (χ1) is 13.3. The highest BCUT2D eigenvalue weighted by Crippen LogP contribution is 2.25. The maximum atomic E-state index is 5.52. The number of morpholine rings is 1. The topological polar surface area (TPSA) is 48.9 Å². The summed E-state index contributed by atoms with van der Waals surface area (Å²) >= 11 is 1.82. The number of thiophene rings is 1. The predicted molar refractivity (Wildman–Crippen MR) is 114 cm³/mol. The van der Waals surface area contributed by atoms with Crippen LogP contribution in [-0.2, 0) is 11.2 Å². The van der Waals surface area contributed by atoms with Gasteiger partial charge in [-0.05, 0) is 30.4 Å². The van der Waals surface area contributed by atoms with E-state index in [1.165, 1.54) is 16.0 Å². The minimum Gasteiger partial charge on any atom is -0.379 e. The normalized spacial score (nSPS) is 16.9. The third-order valence-corrected chi connectivity index (χ3v) is 5.81. The summed E-state index contributed by atoms with van der Waals surface area (Å²) in [4.78, 5) is 8.28. The van der Waals surface area contributed by atoms with Gasteiger partial charge in [-0.25, -0.2) is 0 Å². The van der Waals surface area contributed by atoms with Crippen LogP contribution in [0.5, 0.6) is 0 Å². The molecule has 2 N–H and O–H groups in total. The van der Waals surface area contributed by atoms with Crippen molar-refractivity contribution in [1.82, 2.24) is 15.5 Å². The van der Waals surface area contributed by atoms with Crippen LogP contribution in [0.1, 0.15) is 22.0 Å². The quantitative estimate of drug-likeness (QED) is 0.568. The summed E-state index contributed by atoms with van der Waals surface area (Å²) in [6.07, 6.45) is 0.986. The highest BCUT2D eigenvalue weighted by Gasteiger charge is 2.23. The molecule has 0 aliphatic carbocycles. The Labute approximate surface area is 166 Å². The average molecular weight is 387 g/mol. The fourth-order valence-electron chi connectivity index (χ4n) is 3.39. The van der Waals surface area contributed by atoms with Crippen LogP contribution >= 0.6 is 11.3 Å². The molecule has 1 aliphatic rings. The molecule has 27 heavy (non-hydrogen) atoms. The molecule has 0 saturated carbocycles. The van der Waals surface area contributed by atoms with Crippen molar-refractivity contribution < 1.29 is 4.74 Å². The molecule has 0 radical (unpaired) electrons. The van der Waals surface area contributed by atoms with E-state index in [0.29, 0.717) is 6.04 Å². The highest BCUT2D eigenvalue weighted by molar-refractivity contribution is 7.10. The Morgan fingerprint density at radius 1 is 1.22 bits per heavy atom. The number of guanidine groups is 1. The fourth-order valence-corrected chi connectivity index (χ4v) is 4.25. The van der Waals surface area contributed by atoms with Crippen LogP contribution in [0.25, 0.3) is 0 Å². The molecule has 0 bridgehead atoms. The largest absolute Gasteiger partial charge is 0.379 e. The van der Waals surface area contributed by atoms with Gasteiger partial charge in [0.15, 0.2) is 5.96 Å². The lowest BCUT2D eigenvalue weighted by molar-refractivity contribution is 0.0177. The summed E-state index contributed by atoms with van der Waals surface area (Å²) < 4.78 is 5.52. The van der Waals surface area contributed by atoms with Crippen molar-refractivity contribution in [1.29, 1.82) is 0 Å². The van der Waals surface area contributed by atoms with E-state index in [4.69, 9.17) is 4.74 Å². The first kappa shape index (κ1) is 19.9. The highest BCUT2D eigenvalue weighted by atomic mass is 32.1. The standard InChI is InChI=1S/C21H30N4OS/c1-17-5-3-6-18(15-17)8-9-23-21(22-2)24-16-19(20-7-4-14-27-20)25-10-12-26-13-11-25/h3-7,14-15,19H,8-13,16H2,1-2H3,(H2,22,23,24). The molecular weight excluding hydrogens is 356 g/mol. The van der Waals surface area contributed by atoms with Crippen LogP contribution in [0, 0.1) is 6.92 Å². The van der Waals surface area contributed by atoms with Crippen molar-refractivity contribution in [2.45, 2.75) is 19.4 Å². The zero-order chi connectivity index (χ0) is 18.9. The van der Waals surface area contributed by atoms with Gasteiger partial charge in [-0.1, -0.05) is 35.9 Å². The fraction of sp³-hybridized carbons (Fsp3) is 0.476. The van der Waals surface area contributed by atoms with Crippen LogP contribution in [0.15, 0.2) is 46.8 Å². The Morgan fingerprint density at radius 3 is 2.78 bits per heavy atom. The molecule has 1 fully saturated rings. The third-order valence-electron chi connectivity index (χ3n) is 4.83. The Bertz CT molecular complexity index is 711. The summed E-state index contributed by atoms with van der Waals surface area (Å²) in [5, 5.41) is 9.11. The van der Waals surface area contributed by atoms with E-state index in [-0.39, 0.29) is 0 Å². The SMILES string of the molecule is CN=C(NCCc1cccc(C)c1)NCC(c1cccs1)N1CCOCC1. The lowest BCUT2D eigenvalue weighted by Crippen LogP contribution is -2.46. The number of hydrogen-bond donors (Lipinski definition) is 2. The molecule has 0 amide bonds. The van der Waals surface area contributed by atoms with Gasteiger partial charge in [-0.15, -0.1) is 11.3 Å². The van der Waals surface area contributed by atoms with Crippen LogP contribution in [0.4, 0.5) is 0 Å². The number of nitrogens with one attached hydrogen (secondary N) is 2. The van der Waals surface area contributed by atoms with Gasteiger partial charge in [0.2, 0.25) is 0 Å². The maximum Gasteiger partial charge on any atom is 0.191 e. The van der Waals surface area contributed by atoms with Gasteiger partial charge in [0.1, 0.15) is 0 Å². The molecule has 146 valence electrons. The molecule has 0 spiro atoms. The minimum absolute atomic E-state index is 0.351. The lowest BCUT2D eigenvalue weighted by atomic mass is 10.1. The van der Waals surface area contributed by atoms with Crippen molar-refractivity contribution in [3.63, 3.8) is 0 Å².